The van der Waals surface area contributed by atoms with E-state index >= 15 is 0 Å². The average Bonchev–Trinajstić information content (AvgIpc) is 2.84. The Kier molecular flexibility index (Phi) is 6.66. The normalized spacial score (nSPS) is 22.8. The summed E-state index contributed by atoms with van der Waals surface area (Å²) in [6, 6.07) is 27.3. The van der Waals surface area contributed by atoms with E-state index in [1.165, 1.54) is 22.3 Å². The predicted molar refractivity (Wildman–Crippen MR) is 137 cm³/mol. The van der Waals surface area contributed by atoms with Gasteiger partial charge in [0.1, 0.15) is 0 Å². The molecule has 0 bridgehead atoms. The zero-order valence-electron chi connectivity index (χ0n) is 19.7. The summed E-state index contributed by atoms with van der Waals surface area (Å²) < 4.78 is 0. The number of nitrogens with zero attached hydrogens (tertiary/aromatic N) is 2. The minimum Gasteiger partial charge on any atom is -0.395 e. The van der Waals surface area contributed by atoms with E-state index < -0.39 is 0 Å². The quantitative estimate of drug-likeness (QED) is 0.574. The molecule has 5 rings (SSSR count). The Hall–Kier alpha value is -3.15. The first-order valence-electron chi connectivity index (χ1n) is 12.3. The van der Waals surface area contributed by atoms with Crippen molar-refractivity contribution in [3.05, 3.63) is 90.0 Å². The summed E-state index contributed by atoms with van der Waals surface area (Å²) in [5.41, 5.74) is 5.71. The first-order valence-corrected chi connectivity index (χ1v) is 12.3. The number of urea groups is 1. The van der Waals surface area contributed by atoms with Crippen LogP contribution in [0.1, 0.15) is 29.9 Å². The van der Waals surface area contributed by atoms with Gasteiger partial charge in [-0.1, -0.05) is 72.3 Å². The summed E-state index contributed by atoms with van der Waals surface area (Å²) in [5.74, 6) is 0.210. The fraction of sp³-hybridized carbons (Fsp3) is 0.345. The molecule has 5 nitrogen and oxygen atoms in total. The van der Waals surface area contributed by atoms with Crippen molar-refractivity contribution >= 4 is 11.7 Å². The lowest BCUT2D eigenvalue weighted by molar-refractivity contribution is -0.0585. The molecular weight excluding hydrogens is 422 g/mol. The number of hydrogen-bond acceptors (Lipinski definition) is 3. The van der Waals surface area contributed by atoms with Crippen molar-refractivity contribution in [1.29, 1.82) is 0 Å². The molecule has 0 aliphatic carbocycles. The number of aryl methyl sites for hydroxylation is 1. The standard InChI is InChI=1S/C29H33N3O2/c1-21-9-11-22(12-10-21)23-13-15-24(16-14-23)28-26-19-31(17-5-6-18-32(26)27(28)20-33)29(34)30-25-7-3-2-4-8-25/h2-4,7-16,26-28,33H,5-6,17-20H2,1H3,(H,30,34)/t26-,27+,28-/m0/s1. The molecule has 0 saturated carbocycles. The molecule has 0 unspecified atom stereocenters. The second kappa shape index (κ2) is 10.00. The van der Waals surface area contributed by atoms with Gasteiger partial charge in [-0.25, -0.2) is 4.79 Å². The Morgan fingerprint density at radius 2 is 1.56 bits per heavy atom. The SMILES string of the molecule is Cc1ccc(-c2ccc([C@@H]3[C@@H](CO)N4CCCCN(C(=O)Nc5ccccc5)C[C@@H]34)cc2)cc1. The van der Waals surface area contributed by atoms with Crippen LogP contribution < -0.4 is 5.32 Å². The number of aliphatic hydroxyl groups excluding tert-OH is 1. The van der Waals surface area contributed by atoms with E-state index in [2.05, 4.69) is 65.7 Å². The number of para-hydroxylation sites is 1. The van der Waals surface area contributed by atoms with Crippen molar-refractivity contribution in [3.8, 4) is 11.1 Å². The highest BCUT2D eigenvalue weighted by Gasteiger charge is 2.49. The maximum absolute atomic E-state index is 13.1. The van der Waals surface area contributed by atoms with Crippen molar-refractivity contribution in [2.24, 2.45) is 0 Å². The van der Waals surface area contributed by atoms with Gasteiger partial charge in [0.25, 0.3) is 0 Å². The van der Waals surface area contributed by atoms with Gasteiger partial charge in [0, 0.05) is 36.8 Å². The van der Waals surface area contributed by atoms with Gasteiger partial charge in [0.15, 0.2) is 0 Å². The van der Waals surface area contributed by atoms with E-state index in [9.17, 15) is 9.90 Å². The number of carbonyl (C=O) groups excluding carboxylic acids is 1. The van der Waals surface area contributed by atoms with Crippen LogP contribution in [-0.4, -0.2) is 59.3 Å². The molecule has 2 amide bonds. The number of amides is 2. The van der Waals surface area contributed by atoms with Crippen molar-refractivity contribution in [2.45, 2.75) is 37.8 Å². The lowest BCUT2D eigenvalue weighted by Gasteiger charge is -2.57. The summed E-state index contributed by atoms with van der Waals surface area (Å²) in [4.78, 5) is 17.4. The van der Waals surface area contributed by atoms with Crippen LogP contribution >= 0.6 is 0 Å². The second-order valence-electron chi connectivity index (χ2n) is 9.52. The molecule has 5 heteroatoms. The van der Waals surface area contributed by atoms with Crippen LogP contribution in [-0.2, 0) is 0 Å². The van der Waals surface area contributed by atoms with Crippen molar-refractivity contribution in [1.82, 2.24) is 9.80 Å². The molecule has 2 aliphatic rings. The van der Waals surface area contributed by atoms with Gasteiger partial charge in [-0.2, -0.15) is 0 Å². The molecule has 2 N–H and O–H groups in total. The zero-order chi connectivity index (χ0) is 23.5. The van der Waals surface area contributed by atoms with Gasteiger partial charge >= 0.3 is 6.03 Å². The average molecular weight is 456 g/mol. The van der Waals surface area contributed by atoms with E-state index in [1.54, 1.807) is 0 Å². The summed E-state index contributed by atoms with van der Waals surface area (Å²) in [5, 5.41) is 13.3. The zero-order valence-corrected chi connectivity index (χ0v) is 19.7. The van der Waals surface area contributed by atoms with Gasteiger partial charge in [-0.05, 0) is 55.1 Å². The maximum atomic E-state index is 13.1. The molecule has 2 fully saturated rings. The highest BCUT2D eigenvalue weighted by molar-refractivity contribution is 5.89. The molecule has 0 radical (unpaired) electrons. The summed E-state index contributed by atoms with van der Waals surface area (Å²) >= 11 is 0. The highest BCUT2D eigenvalue weighted by atomic mass is 16.3. The summed E-state index contributed by atoms with van der Waals surface area (Å²) in [7, 11) is 0. The minimum atomic E-state index is -0.0473. The molecule has 0 aromatic heterocycles. The van der Waals surface area contributed by atoms with E-state index in [1.807, 2.05) is 35.2 Å². The third-order valence-corrected chi connectivity index (χ3v) is 7.36. The number of benzene rings is 3. The monoisotopic (exact) mass is 455 g/mol. The molecule has 2 heterocycles. The number of anilines is 1. The number of nitrogens with one attached hydrogen (secondary N) is 1. The van der Waals surface area contributed by atoms with Crippen LogP contribution in [0.3, 0.4) is 0 Å². The fourth-order valence-electron chi connectivity index (χ4n) is 5.49. The molecular formula is C29H33N3O2. The largest absolute Gasteiger partial charge is 0.395 e. The Bertz CT molecular complexity index is 1100. The van der Waals surface area contributed by atoms with Crippen LogP contribution in [0, 0.1) is 6.92 Å². The number of rotatable bonds is 4. The second-order valence-corrected chi connectivity index (χ2v) is 9.52. The van der Waals surface area contributed by atoms with E-state index in [-0.39, 0.29) is 30.6 Å². The summed E-state index contributed by atoms with van der Waals surface area (Å²) in [6.45, 7) is 4.63. The molecule has 3 aromatic carbocycles. The molecule has 3 aromatic rings. The first-order chi connectivity index (χ1) is 16.6. The lowest BCUT2D eigenvalue weighted by Crippen LogP contribution is -2.68. The van der Waals surface area contributed by atoms with Crippen LogP contribution in [0.5, 0.6) is 0 Å². The molecule has 176 valence electrons. The van der Waals surface area contributed by atoms with Gasteiger partial charge < -0.3 is 15.3 Å². The van der Waals surface area contributed by atoms with Crippen LogP contribution in [0.2, 0.25) is 0 Å². The topological polar surface area (TPSA) is 55.8 Å². The van der Waals surface area contributed by atoms with E-state index in [0.717, 1.165) is 31.6 Å². The van der Waals surface area contributed by atoms with E-state index in [0.29, 0.717) is 6.54 Å². The summed E-state index contributed by atoms with van der Waals surface area (Å²) in [6.07, 6.45) is 2.00. The molecule has 2 aliphatic heterocycles. The number of fused-ring (bicyclic) bond motifs is 1. The first kappa shape index (κ1) is 22.6. The Balaban J connectivity index is 1.34. The molecule has 0 spiro atoms. The Labute approximate surface area is 202 Å². The number of aliphatic hydroxyl groups is 1. The highest BCUT2D eigenvalue weighted by Crippen LogP contribution is 2.42. The Morgan fingerprint density at radius 3 is 2.24 bits per heavy atom. The predicted octanol–water partition coefficient (Wildman–Crippen LogP) is 5.12. The van der Waals surface area contributed by atoms with Crippen molar-refractivity contribution < 1.29 is 9.90 Å². The fourth-order valence-corrected chi connectivity index (χ4v) is 5.49. The van der Waals surface area contributed by atoms with Gasteiger partial charge in [0.05, 0.1) is 6.61 Å². The molecule has 34 heavy (non-hydrogen) atoms. The van der Waals surface area contributed by atoms with E-state index in [4.69, 9.17) is 0 Å². The number of carbonyl (C=O) groups is 1. The minimum absolute atomic E-state index is 0.0473. The van der Waals surface area contributed by atoms with Crippen LogP contribution in [0.15, 0.2) is 78.9 Å². The number of hydrogen-bond donors (Lipinski definition) is 2. The maximum Gasteiger partial charge on any atom is 0.321 e. The third-order valence-electron chi connectivity index (χ3n) is 7.36. The van der Waals surface area contributed by atoms with Crippen molar-refractivity contribution in [2.75, 3.05) is 31.6 Å². The van der Waals surface area contributed by atoms with Gasteiger partial charge in [-0.15, -0.1) is 0 Å². The van der Waals surface area contributed by atoms with Crippen LogP contribution in [0.4, 0.5) is 10.5 Å². The third kappa shape index (κ3) is 4.59. The van der Waals surface area contributed by atoms with Gasteiger partial charge in [0.2, 0.25) is 0 Å². The molecule has 3 atom stereocenters. The van der Waals surface area contributed by atoms with Crippen molar-refractivity contribution in [3.63, 3.8) is 0 Å². The van der Waals surface area contributed by atoms with Gasteiger partial charge in [-0.3, -0.25) is 4.90 Å². The lowest BCUT2D eigenvalue weighted by atomic mass is 9.74. The molecule has 2 saturated heterocycles. The Morgan fingerprint density at radius 1 is 0.912 bits per heavy atom. The smallest absolute Gasteiger partial charge is 0.321 e. The van der Waals surface area contributed by atoms with Crippen LogP contribution in [0.25, 0.3) is 11.1 Å².